The summed E-state index contributed by atoms with van der Waals surface area (Å²) in [5, 5.41) is 2.97. The number of amides is 1. The minimum absolute atomic E-state index is 0.158. The SMILES string of the molecule is O=C(NC[C@@H]1CC[C@@H]2[C@@H]1OCCN2Cc1ccoc1)c1ccco1. The van der Waals surface area contributed by atoms with Crippen molar-refractivity contribution < 1.29 is 18.4 Å². The van der Waals surface area contributed by atoms with Crippen LogP contribution in [-0.4, -0.2) is 42.6 Å². The Labute approximate surface area is 140 Å². The summed E-state index contributed by atoms with van der Waals surface area (Å²) < 4.78 is 16.4. The van der Waals surface area contributed by atoms with Gasteiger partial charge in [0.15, 0.2) is 5.76 Å². The van der Waals surface area contributed by atoms with E-state index in [-0.39, 0.29) is 12.0 Å². The van der Waals surface area contributed by atoms with Gasteiger partial charge in [0.25, 0.3) is 5.91 Å². The molecule has 0 unspecified atom stereocenters. The van der Waals surface area contributed by atoms with E-state index in [4.69, 9.17) is 13.6 Å². The first-order valence-corrected chi connectivity index (χ1v) is 8.49. The molecule has 128 valence electrons. The molecule has 0 spiro atoms. The van der Waals surface area contributed by atoms with E-state index >= 15 is 0 Å². The zero-order valence-corrected chi connectivity index (χ0v) is 13.5. The van der Waals surface area contributed by atoms with Crippen LogP contribution in [0.1, 0.15) is 29.0 Å². The summed E-state index contributed by atoms with van der Waals surface area (Å²) in [5.41, 5.74) is 1.20. The molecule has 6 nitrogen and oxygen atoms in total. The molecular formula is C18H22N2O4. The number of carbonyl (C=O) groups is 1. The van der Waals surface area contributed by atoms with Gasteiger partial charge in [0.1, 0.15) is 0 Å². The zero-order chi connectivity index (χ0) is 16.4. The van der Waals surface area contributed by atoms with E-state index in [1.807, 2.05) is 6.07 Å². The van der Waals surface area contributed by atoms with Gasteiger partial charge in [-0.25, -0.2) is 0 Å². The topological polar surface area (TPSA) is 67.8 Å². The van der Waals surface area contributed by atoms with Gasteiger partial charge >= 0.3 is 0 Å². The van der Waals surface area contributed by atoms with Gasteiger partial charge < -0.3 is 18.9 Å². The van der Waals surface area contributed by atoms with Gasteiger partial charge in [-0.2, -0.15) is 0 Å². The fourth-order valence-corrected chi connectivity index (χ4v) is 3.89. The number of rotatable bonds is 5. The van der Waals surface area contributed by atoms with E-state index in [0.29, 0.717) is 24.3 Å². The van der Waals surface area contributed by atoms with Crippen LogP contribution < -0.4 is 5.32 Å². The third kappa shape index (κ3) is 3.12. The second-order valence-corrected chi connectivity index (χ2v) is 6.53. The van der Waals surface area contributed by atoms with Crippen molar-refractivity contribution >= 4 is 5.91 Å². The number of fused-ring (bicyclic) bond motifs is 1. The Hall–Kier alpha value is -2.05. The van der Waals surface area contributed by atoms with Gasteiger partial charge in [0.2, 0.25) is 0 Å². The van der Waals surface area contributed by atoms with E-state index < -0.39 is 0 Å². The van der Waals surface area contributed by atoms with E-state index in [0.717, 1.165) is 32.5 Å². The first-order chi connectivity index (χ1) is 11.8. The molecule has 1 N–H and O–H groups in total. The molecule has 0 bridgehead atoms. The number of morpholine rings is 1. The van der Waals surface area contributed by atoms with Gasteiger partial charge in [-0.1, -0.05) is 0 Å². The van der Waals surface area contributed by atoms with Gasteiger partial charge in [-0.05, 0) is 31.0 Å². The molecule has 6 heteroatoms. The van der Waals surface area contributed by atoms with Gasteiger partial charge in [0.05, 0.1) is 31.5 Å². The molecule has 0 radical (unpaired) electrons. The van der Waals surface area contributed by atoms with Crippen molar-refractivity contribution in [2.75, 3.05) is 19.7 Å². The number of nitrogens with zero attached hydrogens (tertiary/aromatic N) is 1. The summed E-state index contributed by atoms with van der Waals surface area (Å²) >= 11 is 0. The Morgan fingerprint density at radius 1 is 1.29 bits per heavy atom. The average molecular weight is 330 g/mol. The lowest BCUT2D eigenvalue weighted by atomic mass is 10.0. The van der Waals surface area contributed by atoms with Gasteiger partial charge in [-0.3, -0.25) is 9.69 Å². The highest BCUT2D eigenvalue weighted by molar-refractivity contribution is 5.91. The number of hydrogen-bond acceptors (Lipinski definition) is 5. The molecule has 3 heterocycles. The molecule has 1 aliphatic heterocycles. The highest BCUT2D eigenvalue weighted by Crippen LogP contribution is 2.35. The first-order valence-electron chi connectivity index (χ1n) is 8.49. The smallest absolute Gasteiger partial charge is 0.286 e. The molecule has 24 heavy (non-hydrogen) atoms. The monoisotopic (exact) mass is 330 g/mol. The average Bonchev–Trinajstić information content (AvgIpc) is 3.34. The predicted molar refractivity (Wildman–Crippen MR) is 86.4 cm³/mol. The third-order valence-corrected chi connectivity index (χ3v) is 5.07. The van der Waals surface area contributed by atoms with Crippen molar-refractivity contribution in [2.24, 2.45) is 5.92 Å². The van der Waals surface area contributed by atoms with Crippen molar-refractivity contribution in [3.63, 3.8) is 0 Å². The highest BCUT2D eigenvalue weighted by Gasteiger charge is 2.42. The minimum atomic E-state index is -0.158. The van der Waals surface area contributed by atoms with Gasteiger partial charge in [0, 0.05) is 37.2 Å². The Morgan fingerprint density at radius 2 is 2.25 bits per heavy atom. The van der Waals surface area contributed by atoms with Crippen molar-refractivity contribution in [2.45, 2.75) is 31.5 Å². The maximum absolute atomic E-state index is 12.0. The Balaban J connectivity index is 1.35. The summed E-state index contributed by atoms with van der Waals surface area (Å²) in [4.78, 5) is 14.5. The second-order valence-electron chi connectivity index (χ2n) is 6.53. The molecule has 1 saturated carbocycles. The quantitative estimate of drug-likeness (QED) is 0.911. The number of nitrogens with one attached hydrogen (secondary N) is 1. The van der Waals surface area contributed by atoms with Crippen molar-refractivity contribution in [1.29, 1.82) is 0 Å². The lowest BCUT2D eigenvalue weighted by Crippen LogP contribution is -2.50. The standard InChI is InChI=1S/C18H22N2O4/c21-18(16-2-1-7-23-16)19-10-14-3-4-15-17(14)24-9-6-20(15)11-13-5-8-22-12-13/h1-2,5,7-8,12,14-15,17H,3-4,6,9-11H2,(H,19,21)/t14-,15+,17+/m0/s1. The molecule has 1 amide bonds. The van der Waals surface area contributed by atoms with Crippen LogP contribution in [0, 0.1) is 5.92 Å². The van der Waals surface area contributed by atoms with E-state index in [1.54, 1.807) is 24.7 Å². The summed E-state index contributed by atoms with van der Waals surface area (Å²) in [6.45, 7) is 3.20. The normalized spacial score (nSPS) is 27.1. The predicted octanol–water partition coefficient (Wildman–Crippen LogP) is 2.28. The van der Waals surface area contributed by atoms with Crippen molar-refractivity contribution in [3.8, 4) is 0 Å². The summed E-state index contributed by atoms with van der Waals surface area (Å²) in [6.07, 6.45) is 7.38. The summed E-state index contributed by atoms with van der Waals surface area (Å²) in [5.74, 6) is 0.547. The summed E-state index contributed by atoms with van der Waals surface area (Å²) in [7, 11) is 0. The Kier molecular flexibility index (Phi) is 4.40. The summed E-state index contributed by atoms with van der Waals surface area (Å²) in [6, 6.07) is 5.83. The van der Waals surface area contributed by atoms with Crippen LogP contribution in [0.15, 0.2) is 45.8 Å². The van der Waals surface area contributed by atoms with E-state index in [2.05, 4.69) is 10.2 Å². The van der Waals surface area contributed by atoms with Crippen LogP contribution in [0.2, 0.25) is 0 Å². The molecule has 1 saturated heterocycles. The third-order valence-electron chi connectivity index (χ3n) is 5.07. The Bertz CT molecular complexity index is 653. The molecular weight excluding hydrogens is 308 g/mol. The molecule has 4 rings (SSSR count). The van der Waals surface area contributed by atoms with Crippen LogP contribution in [-0.2, 0) is 11.3 Å². The number of furan rings is 2. The largest absolute Gasteiger partial charge is 0.472 e. The maximum atomic E-state index is 12.0. The lowest BCUT2D eigenvalue weighted by Gasteiger charge is -2.39. The zero-order valence-electron chi connectivity index (χ0n) is 13.5. The van der Waals surface area contributed by atoms with Crippen LogP contribution in [0.3, 0.4) is 0 Å². The van der Waals surface area contributed by atoms with E-state index in [1.165, 1.54) is 11.8 Å². The molecule has 2 aromatic rings. The molecule has 0 aromatic carbocycles. The molecule has 2 aliphatic rings. The fourth-order valence-electron chi connectivity index (χ4n) is 3.89. The maximum Gasteiger partial charge on any atom is 0.286 e. The molecule has 1 aliphatic carbocycles. The highest BCUT2D eigenvalue weighted by atomic mass is 16.5. The van der Waals surface area contributed by atoms with Crippen molar-refractivity contribution in [3.05, 3.63) is 48.3 Å². The van der Waals surface area contributed by atoms with E-state index in [9.17, 15) is 4.79 Å². The van der Waals surface area contributed by atoms with Gasteiger partial charge in [-0.15, -0.1) is 0 Å². The van der Waals surface area contributed by atoms with Crippen molar-refractivity contribution in [1.82, 2.24) is 10.2 Å². The molecule has 2 fully saturated rings. The first kappa shape index (κ1) is 15.5. The van der Waals surface area contributed by atoms with Crippen LogP contribution in [0.25, 0.3) is 0 Å². The Morgan fingerprint density at radius 3 is 3.04 bits per heavy atom. The number of carbonyl (C=O) groups excluding carboxylic acids is 1. The van der Waals surface area contributed by atoms with Crippen LogP contribution in [0.4, 0.5) is 0 Å². The number of hydrogen-bond donors (Lipinski definition) is 1. The number of ether oxygens (including phenoxy) is 1. The van der Waals surface area contributed by atoms with Crippen LogP contribution in [0.5, 0.6) is 0 Å². The molecule has 3 atom stereocenters. The lowest BCUT2D eigenvalue weighted by molar-refractivity contribution is -0.0758. The van der Waals surface area contributed by atoms with Crippen LogP contribution >= 0.6 is 0 Å². The minimum Gasteiger partial charge on any atom is -0.472 e. The fraction of sp³-hybridized carbons (Fsp3) is 0.500. The molecule has 2 aromatic heterocycles. The second kappa shape index (κ2) is 6.83.